The van der Waals surface area contributed by atoms with Crippen molar-refractivity contribution in [2.45, 2.75) is 50.6 Å². The third-order valence-corrected chi connectivity index (χ3v) is 7.20. The molecule has 3 aromatic rings. The molecule has 1 fully saturated rings. The number of hydrogen-bond acceptors (Lipinski definition) is 0. The van der Waals surface area contributed by atoms with Crippen molar-refractivity contribution in [3.63, 3.8) is 0 Å². The Bertz CT molecular complexity index is 1310. The third kappa shape index (κ3) is 6.74. The van der Waals surface area contributed by atoms with Crippen molar-refractivity contribution >= 4 is 6.08 Å². The van der Waals surface area contributed by atoms with E-state index in [1.807, 2.05) is 12.1 Å². The summed E-state index contributed by atoms with van der Waals surface area (Å²) >= 11 is 0. The van der Waals surface area contributed by atoms with Crippen LogP contribution >= 0.6 is 0 Å². The number of allylic oxidation sites excluding steroid dienone is 2. The standard InChI is InChI=1S/C31H27F7/c1-2-19-3-7-21(8-4-19)23-11-10-22(27(32)16-23)9-5-20-6-12-25(28(33)15-20)24-17-29(34)26(30(35)18-24)13-14-31(36,37)38/h2,6,10-19,21H,1,3-5,7-9H2/b14-13+. The Hall–Kier alpha value is -3.35. The number of rotatable bonds is 7. The summed E-state index contributed by atoms with van der Waals surface area (Å²) in [5.41, 5.74) is 0.980. The SMILES string of the molecule is C=CC1CCC(c2ccc(CCc3ccc(-c4cc(F)c(/C=C/C(F)(F)F)c(F)c4)c(F)c3)c(F)c2)CC1. The van der Waals surface area contributed by atoms with Crippen molar-refractivity contribution < 1.29 is 30.7 Å². The molecule has 0 nitrogen and oxygen atoms in total. The van der Waals surface area contributed by atoms with Crippen LogP contribution in [0, 0.1) is 29.2 Å². The van der Waals surface area contributed by atoms with Crippen LogP contribution in [-0.2, 0) is 12.8 Å². The zero-order chi connectivity index (χ0) is 27.4. The van der Waals surface area contributed by atoms with E-state index < -0.39 is 29.2 Å². The van der Waals surface area contributed by atoms with Crippen molar-refractivity contribution in [1.82, 2.24) is 0 Å². The lowest BCUT2D eigenvalue weighted by atomic mass is 9.78. The Morgan fingerprint density at radius 1 is 0.763 bits per heavy atom. The van der Waals surface area contributed by atoms with Crippen LogP contribution in [0.4, 0.5) is 30.7 Å². The maximum atomic E-state index is 14.8. The van der Waals surface area contributed by atoms with Crippen molar-refractivity contribution in [2.24, 2.45) is 5.92 Å². The molecule has 1 aliphatic carbocycles. The first kappa shape index (κ1) is 27.7. The van der Waals surface area contributed by atoms with Gasteiger partial charge in [0.15, 0.2) is 0 Å². The van der Waals surface area contributed by atoms with Crippen LogP contribution in [-0.4, -0.2) is 6.18 Å². The van der Waals surface area contributed by atoms with Gasteiger partial charge in [0.25, 0.3) is 0 Å². The summed E-state index contributed by atoms with van der Waals surface area (Å²) in [6.07, 6.45) is 2.09. The Morgan fingerprint density at radius 2 is 1.45 bits per heavy atom. The quantitative estimate of drug-likeness (QED) is 0.210. The van der Waals surface area contributed by atoms with E-state index in [2.05, 4.69) is 6.58 Å². The lowest BCUT2D eigenvalue weighted by Gasteiger charge is -2.27. The summed E-state index contributed by atoms with van der Waals surface area (Å²) in [7, 11) is 0. The minimum atomic E-state index is -4.73. The molecule has 0 unspecified atom stereocenters. The van der Waals surface area contributed by atoms with E-state index in [4.69, 9.17) is 0 Å². The van der Waals surface area contributed by atoms with Gasteiger partial charge in [0, 0.05) is 17.2 Å². The number of alkyl halides is 3. The predicted molar refractivity (Wildman–Crippen MR) is 136 cm³/mol. The molecule has 0 heterocycles. The monoisotopic (exact) mass is 532 g/mol. The first-order valence-electron chi connectivity index (χ1n) is 12.5. The van der Waals surface area contributed by atoms with Gasteiger partial charge in [-0.2, -0.15) is 13.2 Å². The first-order chi connectivity index (χ1) is 18.0. The minimum absolute atomic E-state index is 0.0976. The molecule has 0 bridgehead atoms. The number of benzene rings is 3. The van der Waals surface area contributed by atoms with Gasteiger partial charge >= 0.3 is 6.18 Å². The molecule has 3 aromatic carbocycles. The average Bonchev–Trinajstić information content (AvgIpc) is 2.87. The molecule has 0 N–H and O–H groups in total. The van der Waals surface area contributed by atoms with Gasteiger partial charge in [0.2, 0.25) is 0 Å². The van der Waals surface area contributed by atoms with E-state index in [1.54, 1.807) is 18.2 Å². The largest absolute Gasteiger partial charge is 0.409 e. The van der Waals surface area contributed by atoms with Gasteiger partial charge < -0.3 is 0 Å². The fraction of sp³-hybridized carbons (Fsp3) is 0.290. The number of aryl methyl sites for hydroxylation is 2. The normalized spacial score (nSPS) is 18.2. The first-order valence-corrected chi connectivity index (χ1v) is 12.5. The summed E-state index contributed by atoms with van der Waals surface area (Å²) in [4.78, 5) is 0. The second-order valence-corrected chi connectivity index (χ2v) is 9.74. The van der Waals surface area contributed by atoms with Crippen molar-refractivity contribution in [2.75, 3.05) is 0 Å². The van der Waals surface area contributed by atoms with E-state index in [0.717, 1.165) is 43.4 Å². The minimum Gasteiger partial charge on any atom is -0.207 e. The van der Waals surface area contributed by atoms with Crippen LogP contribution < -0.4 is 0 Å². The van der Waals surface area contributed by atoms with E-state index in [-0.39, 0.29) is 23.0 Å². The second kappa shape index (κ2) is 11.6. The fourth-order valence-corrected chi connectivity index (χ4v) is 5.01. The Morgan fingerprint density at radius 3 is 2.03 bits per heavy atom. The topological polar surface area (TPSA) is 0 Å². The zero-order valence-corrected chi connectivity index (χ0v) is 20.6. The number of hydrogen-bond donors (Lipinski definition) is 0. The summed E-state index contributed by atoms with van der Waals surface area (Å²) in [6, 6.07) is 11.0. The maximum absolute atomic E-state index is 14.8. The summed E-state index contributed by atoms with van der Waals surface area (Å²) in [6.45, 7) is 3.85. The van der Waals surface area contributed by atoms with Crippen LogP contribution in [0.1, 0.15) is 53.9 Å². The second-order valence-electron chi connectivity index (χ2n) is 9.74. The summed E-state index contributed by atoms with van der Waals surface area (Å²) < 4.78 is 95.3. The smallest absolute Gasteiger partial charge is 0.207 e. The molecule has 7 heteroatoms. The molecule has 1 saturated carbocycles. The van der Waals surface area contributed by atoms with Crippen LogP contribution in [0.2, 0.25) is 0 Å². The van der Waals surface area contributed by atoms with E-state index in [9.17, 15) is 30.7 Å². The van der Waals surface area contributed by atoms with Crippen LogP contribution in [0.3, 0.4) is 0 Å². The maximum Gasteiger partial charge on any atom is 0.409 e. The van der Waals surface area contributed by atoms with E-state index in [0.29, 0.717) is 41.9 Å². The highest BCUT2D eigenvalue weighted by molar-refractivity contribution is 5.67. The molecule has 0 aliphatic heterocycles. The van der Waals surface area contributed by atoms with Crippen molar-refractivity contribution in [1.29, 1.82) is 0 Å². The van der Waals surface area contributed by atoms with Gasteiger partial charge in [-0.15, -0.1) is 6.58 Å². The van der Waals surface area contributed by atoms with Crippen LogP contribution in [0.15, 0.2) is 67.3 Å². The molecule has 38 heavy (non-hydrogen) atoms. The molecule has 0 atom stereocenters. The van der Waals surface area contributed by atoms with E-state index >= 15 is 0 Å². The van der Waals surface area contributed by atoms with Gasteiger partial charge in [0.05, 0.1) is 0 Å². The van der Waals surface area contributed by atoms with Gasteiger partial charge in [-0.3, -0.25) is 0 Å². The van der Waals surface area contributed by atoms with Crippen molar-refractivity contribution in [3.8, 4) is 11.1 Å². The fourth-order valence-electron chi connectivity index (χ4n) is 5.01. The predicted octanol–water partition coefficient (Wildman–Crippen LogP) is 9.73. The lowest BCUT2D eigenvalue weighted by Crippen LogP contribution is -2.12. The molecule has 200 valence electrons. The molecule has 0 saturated heterocycles. The highest BCUT2D eigenvalue weighted by Gasteiger charge is 2.23. The van der Waals surface area contributed by atoms with Crippen LogP contribution in [0.25, 0.3) is 17.2 Å². The van der Waals surface area contributed by atoms with E-state index in [1.165, 1.54) is 12.1 Å². The molecule has 0 radical (unpaired) electrons. The average molecular weight is 533 g/mol. The molecule has 0 spiro atoms. The third-order valence-electron chi connectivity index (χ3n) is 7.20. The molecular formula is C31H27F7. The molecule has 1 aliphatic rings. The highest BCUT2D eigenvalue weighted by Crippen LogP contribution is 2.37. The summed E-state index contributed by atoms with van der Waals surface area (Å²) in [5, 5.41) is 0. The molecule has 0 aromatic heterocycles. The molecule has 4 rings (SSSR count). The molecular weight excluding hydrogens is 505 g/mol. The van der Waals surface area contributed by atoms with Gasteiger partial charge in [-0.1, -0.05) is 30.3 Å². The summed E-state index contributed by atoms with van der Waals surface area (Å²) in [5.74, 6) is -2.66. The number of halogens is 7. The molecule has 0 amide bonds. The van der Waals surface area contributed by atoms with Gasteiger partial charge in [0.1, 0.15) is 23.3 Å². The Kier molecular flexibility index (Phi) is 8.44. The van der Waals surface area contributed by atoms with Crippen molar-refractivity contribution in [3.05, 3.63) is 113 Å². The van der Waals surface area contributed by atoms with Crippen LogP contribution in [0.5, 0.6) is 0 Å². The lowest BCUT2D eigenvalue weighted by molar-refractivity contribution is -0.0790. The highest BCUT2D eigenvalue weighted by atomic mass is 19.4. The van der Waals surface area contributed by atoms with Gasteiger partial charge in [-0.05, 0) is 103 Å². The Labute approximate surface area is 217 Å². The Balaban J connectivity index is 1.44. The zero-order valence-electron chi connectivity index (χ0n) is 20.6. The van der Waals surface area contributed by atoms with Gasteiger partial charge in [-0.25, -0.2) is 17.6 Å².